The lowest BCUT2D eigenvalue weighted by molar-refractivity contribution is 0.885. The van der Waals surface area contributed by atoms with E-state index in [2.05, 4.69) is 15.2 Å². The Morgan fingerprint density at radius 3 is 2.73 bits per heavy atom. The van der Waals surface area contributed by atoms with Crippen LogP contribution in [0.25, 0.3) is 0 Å². The molecule has 1 aromatic heterocycles. The molecule has 0 aromatic carbocycles. The maximum atomic E-state index is 4.07. The van der Waals surface area contributed by atoms with Crippen LogP contribution in [-0.4, -0.2) is 11.7 Å². The summed E-state index contributed by atoms with van der Waals surface area (Å²) in [5.74, 6) is 0. The predicted octanol–water partition coefficient (Wildman–Crippen LogP) is 0.935. The highest BCUT2D eigenvalue weighted by Crippen LogP contribution is 2.13. The van der Waals surface area contributed by atoms with Gasteiger partial charge in [-0.2, -0.15) is 0 Å². The number of nitrogens with zero attached hydrogens (tertiary/aromatic N) is 3. The molecule has 1 radical (unpaired) electrons. The second kappa shape index (κ2) is 2.62. The highest BCUT2D eigenvalue weighted by atomic mass is 15.2. The van der Waals surface area contributed by atoms with Crippen LogP contribution in [0.2, 0.25) is 0 Å². The van der Waals surface area contributed by atoms with Crippen LogP contribution in [0.1, 0.15) is 0 Å². The van der Waals surface area contributed by atoms with Gasteiger partial charge in [-0.25, -0.2) is 0 Å². The highest BCUT2D eigenvalue weighted by Gasteiger charge is 2.05. The van der Waals surface area contributed by atoms with E-state index in [1.807, 2.05) is 18.3 Å². The molecule has 0 spiro atoms. The molecule has 1 aliphatic heterocycles. The molecule has 0 saturated carbocycles. The summed E-state index contributed by atoms with van der Waals surface area (Å²) in [5.41, 5.74) is 1.14. The monoisotopic (exact) mass is 146 g/mol. The van der Waals surface area contributed by atoms with Gasteiger partial charge in [-0.15, -0.1) is 0 Å². The lowest BCUT2D eigenvalue weighted by Crippen LogP contribution is -2.15. The SMILES string of the molecule is C1=CN(c2ccncc2)C[N]1. The van der Waals surface area contributed by atoms with Crippen molar-refractivity contribution in [3.05, 3.63) is 36.9 Å². The van der Waals surface area contributed by atoms with E-state index in [4.69, 9.17) is 0 Å². The zero-order valence-electron chi connectivity index (χ0n) is 6.01. The molecule has 0 bridgehead atoms. The van der Waals surface area contributed by atoms with Crippen molar-refractivity contribution in [3.8, 4) is 0 Å². The van der Waals surface area contributed by atoms with Crippen molar-refractivity contribution >= 4 is 5.69 Å². The summed E-state index contributed by atoms with van der Waals surface area (Å²) >= 11 is 0. The van der Waals surface area contributed by atoms with E-state index >= 15 is 0 Å². The van der Waals surface area contributed by atoms with Crippen LogP contribution in [0.5, 0.6) is 0 Å². The van der Waals surface area contributed by atoms with E-state index in [0.717, 1.165) is 12.4 Å². The average Bonchev–Trinajstić information content (AvgIpc) is 2.58. The van der Waals surface area contributed by atoms with Gasteiger partial charge in [0.05, 0.1) is 0 Å². The molecule has 11 heavy (non-hydrogen) atoms. The molecule has 3 heteroatoms. The fourth-order valence-corrected chi connectivity index (χ4v) is 1.01. The Bertz CT molecular complexity index is 255. The van der Waals surface area contributed by atoms with Crippen molar-refractivity contribution < 1.29 is 0 Å². The van der Waals surface area contributed by atoms with Gasteiger partial charge in [0.1, 0.15) is 6.67 Å². The Kier molecular flexibility index (Phi) is 1.48. The quantitative estimate of drug-likeness (QED) is 0.590. The van der Waals surface area contributed by atoms with Gasteiger partial charge in [0, 0.05) is 30.5 Å². The zero-order chi connectivity index (χ0) is 7.52. The highest BCUT2D eigenvalue weighted by molar-refractivity contribution is 5.48. The van der Waals surface area contributed by atoms with Crippen LogP contribution in [0, 0.1) is 0 Å². The van der Waals surface area contributed by atoms with Gasteiger partial charge >= 0.3 is 0 Å². The fourth-order valence-electron chi connectivity index (χ4n) is 1.01. The minimum atomic E-state index is 0.726. The Morgan fingerprint density at radius 2 is 2.09 bits per heavy atom. The van der Waals surface area contributed by atoms with Crippen LogP contribution in [0.4, 0.5) is 5.69 Å². The molecule has 0 atom stereocenters. The molecule has 3 nitrogen and oxygen atoms in total. The van der Waals surface area contributed by atoms with Gasteiger partial charge in [0.2, 0.25) is 0 Å². The van der Waals surface area contributed by atoms with Crippen LogP contribution >= 0.6 is 0 Å². The Labute approximate surface area is 65.4 Å². The first-order valence-electron chi connectivity index (χ1n) is 3.47. The maximum Gasteiger partial charge on any atom is 0.114 e. The maximum absolute atomic E-state index is 4.07. The molecule has 0 fully saturated rings. The van der Waals surface area contributed by atoms with Gasteiger partial charge in [0.15, 0.2) is 0 Å². The summed E-state index contributed by atoms with van der Waals surface area (Å²) in [5, 5.41) is 4.07. The molecule has 0 saturated heterocycles. The molecular weight excluding hydrogens is 138 g/mol. The lowest BCUT2D eigenvalue weighted by atomic mass is 10.4. The summed E-state index contributed by atoms with van der Waals surface area (Å²) in [6.07, 6.45) is 7.32. The van der Waals surface area contributed by atoms with Gasteiger partial charge in [-0.1, -0.05) is 0 Å². The summed E-state index contributed by atoms with van der Waals surface area (Å²) in [6.45, 7) is 0.726. The number of hydrogen-bond donors (Lipinski definition) is 0. The minimum Gasteiger partial charge on any atom is -0.326 e. The third-order valence-electron chi connectivity index (χ3n) is 1.58. The van der Waals surface area contributed by atoms with Gasteiger partial charge in [-0.05, 0) is 12.1 Å². The predicted molar refractivity (Wildman–Crippen MR) is 42.9 cm³/mol. The van der Waals surface area contributed by atoms with E-state index in [0.29, 0.717) is 0 Å². The molecule has 0 aliphatic carbocycles. The molecule has 0 unspecified atom stereocenters. The molecule has 55 valence electrons. The molecule has 2 heterocycles. The average molecular weight is 146 g/mol. The summed E-state index contributed by atoms with van der Waals surface area (Å²) < 4.78 is 0. The van der Waals surface area contributed by atoms with Gasteiger partial charge in [-0.3, -0.25) is 10.3 Å². The second-order valence-electron chi connectivity index (χ2n) is 2.30. The van der Waals surface area contributed by atoms with Crippen molar-refractivity contribution in [1.82, 2.24) is 10.3 Å². The van der Waals surface area contributed by atoms with Crippen molar-refractivity contribution in [3.63, 3.8) is 0 Å². The van der Waals surface area contributed by atoms with Crippen molar-refractivity contribution in [1.29, 1.82) is 0 Å². The summed E-state index contributed by atoms with van der Waals surface area (Å²) in [4.78, 5) is 5.99. The van der Waals surface area contributed by atoms with E-state index in [9.17, 15) is 0 Å². The van der Waals surface area contributed by atoms with E-state index in [1.165, 1.54) is 0 Å². The molecule has 0 N–H and O–H groups in total. The Hall–Kier alpha value is -1.51. The van der Waals surface area contributed by atoms with Crippen LogP contribution in [0.15, 0.2) is 36.9 Å². The smallest absolute Gasteiger partial charge is 0.114 e. The number of aromatic nitrogens is 1. The largest absolute Gasteiger partial charge is 0.326 e. The first-order valence-corrected chi connectivity index (χ1v) is 3.47. The topological polar surface area (TPSA) is 30.2 Å². The third-order valence-corrected chi connectivity index (χ3v) is 1.58. The van der Waals surface area contributed by atoms with Crippen LogP contribution < -0.4 is 10.2 Å². The van der Waals surface area contributed by atoms with Crippen LogP contribution in [-0.2, 0) is 0 Å². The van der Waals surface area contributed by atoms with Crippen LogP contribution in [0.3, 0.4) is 0 Å². The fraction of sp³-hybridized carbons (Fsp3) is 0.125. The van der Waals surface area contributed by atoms with Gasteiger partial charge < -0.3 is 4.90 Å². The molecular formula is C8H8N3. The molecule has 0 amide bonds. The number of rotatable bonds is 1. The summed E-state index contributed by atoms with van der Waals surface area (Å²) in [6, 6.07) is 3.93. The lowest BCUT2D eigenvalue weighted by Gasteiger charge is -2.12. The third kappa shape index (κ3) is 1.17. The number of anilines is 1. The van der Waals surface area contributed by atoms with Crippen molar-refractivity contribution in [2.75, 3.05) is 11.6 Å². The molecule has 1 aromatic rings. The number of hydrogen-bond acceptors (Lipinski definition) is 2. The normalized spacial score (nSPS) is 15.1. The summed E-state index contributed by atoms with van der Waals surface area (Å²) in [7, 11) is 0. The van der Waals surface area contributed by atoms with Gasteiger partial charge in [0.25, 0.3) is 0 Å². The molecule has 2 rings (SSSR count). The first kappa shape index (κ1) is 6.22. The van der Waals surface area contributed by atoms with E-state index in [-0.39, 0.29) is 0 Å². The van der Waals surface area contributed by atoms with E-state index in [1.54, 1.807) is 18.6 Å². The van der Waals surface area contributed by atoms with Crippen molar-refractivity contribution in [2.24, 2.45) is 0 Å². The zero-order valence-corrected chi connectivity index (χ0v) is 6.01. The van der Waals surface area contributed by atoms with Crippen molar-refractivity contribution in [2.45, 2.75) is 0 Å². The number of pyridine rings is 1. The Balaban J connectivity index is 2.23. The Morgan fingerprint density at radius 1 is 1.27 bits per heavy atom. The molecule has 1 aliphatic rings. The minimum absolute atomic E-state index is 0.726. The first-order chi connectivity index (χ1) is 5.47. The standard InChI is InChI=1S/C8H8N3/c1-3-9-4-2-8(1)11-6-5-10-7-11/h1-6H,7H2. The van der Waals surface area contributed by atoms with E-state index < -0.39 is 0 Å². The second-order valence-corrected chi connectivity index (χ2v) is 2.30.